The van der Waals surface area contributed by atoms with E-state index in [2.05, 4.69) is 16.0 Å². The third kappa shape index (κ3) is 26.9. The quantitative estimate of drug-likeness (QED) is 0.0158. The Bertz CT molecular complexity index is 1610. The van der Waals surface area contributed by atoms with Crippen molar-refractivity contribution in [2.75, 3.05) is 150 Å². The van der Waals surface area contributed by atoms with Gasteiger partial charge in [-0.05, 0) is 42.9 Å². The lowest BCUT2D eigenvalue weighted by atomic mass is 9.97. The van der Waals surface area contributed by atoms with Gasteiger partial charge < -0.3 is 93.2 Å². The molecule has 0 radical (unpaired) electrons. The largest absolute Gasteiger partial charge is 0.462 e. The molecule has 3 rings (SSSR count). The van der Waals surface area contributed by atoms with E-state index < -0.39 is 56.3 Å². The van der Waals surface area contributed by atoms with Crippen LogP contribution in [0.4, 0.5) is 5.69 Å². The van der Waals surface area contributed by atoms with Crippen LogP contribution in [0.5, 0.6) is 5.75 Å². The number of ether oxygens (including phenoxy) is 11. The van der Waals surface area contributed by atoms with Gasteiger partial charge in [0.1, 0.15) is 24.1 Å². The second-order valence-corrected chi connectivity index (χ2v) is 16.7. The Balaban J connectivity index is 0.987. The van der Waals surface area contributed by atoms with E-state index in [9.17, 15) is 34.3 Å². The number of rotatable bonds is 39. The molecule has 8 N–H and O–H groups in total. The van der Waals surface area contributed by atoms with Crippen molar-refractivity contribution in [3.8, 4) is 5.75 Å². The number of amides is 3. The van der Waals surface area contributed by atoms with Crippen LogP contribution in [0.25, 0.3) is 0 Å². The summed E-state index contributed by atoms with van der Waals surface area (Å²) in [7, 11) is -4.36. The fourth-order valence-electron chi connectivity index (χ4n) is 5.79. The molecule has 67 heavy (non-hydrogen) atoms. The molecule has 0 spiro atoms. The highest BCUT2D eigenvalue weighted by Gasteiger charge is 2.45. The number of carbonyl (C=O) groups excluding carboxylic acids is 3. The van der Waals surface area contributed by atoms with E-state index >= 15 is 0 Å². The van der Waals surface area contributed by atoms with Gasteiger partial charge in [-0.1, -0.05) is 0 Å². The van der Waals surface area contributed by atoms with Crippen LogP contribution >= 0.6 is 19.8 Å². The minimum absolute atomic E-state index is 0.0371. The number of nitrogens with zero attached hydrogens (tertiary/aromatic N) is 1. The van der Waals surface area contributed by atoms with E-state index in [1.807, 2.05) is 0 Å². The van der Waals surface area contributed by atoms with Crippen LogP contribution in [0, 0.1) is 0 Å². The van der Waals surface area contributed by atoms with Gasteiger partial charge in [-0.25, -0.2) is 0 Å². The fraction of sp³-hybridized carbons (Fsp3) is 0.707. The van der Waals surface area contributed by atoms with Crippen LogP contribution in [0.1, 0.15) is 12.8 Å². The fourth-order valence-corrected chi connectivity index (χ4v) is 6.60. The van der Waals surface area contributed by atoms with Crippen LogP contribution in [-0.2, 0) is 66.3 Å². The lowest BCUT2D eigenvalue weighted by Crippen LogP contribution is -2.59. The molecule has 24 nitrogen and oxygen atoms in total. The molecule has 3 amide bonds. The van der Waals surface area contributed by atoms with Crippen molar-refractivity contribution in [2.45, 2.75) is 43.5 Å². The molecular formula is C41H67N4O20PS. The van der Waals surface area contributed by atoms with Crippen LogP contribution in [-0.4, -0.2) is 228 Å². The highest BCUT2D eigenvalue weighted by molar-refractivity contribution is 7.80. The summed E-state index contributed by atoms with van der Waals surface area (Å²) in [5.74, 6) is -0.815. The first kappa shape index (κ1) is 58.0. The average Bonchev–Trinajstić information content (AvgIpc) is 3.62. The third-order valence-corrected chi connectivity index (χ3v) is 10.4. The first-order valence-electron chi connectivity index (χ1n) is 21.9. The van der Waals surface area contributed by atoms with Gasteiger partial charge in [0.15, 0.2) is 5.11 Å². The second kappa shape index (κ2) is 34.9. The Morgan fingerprint density at radius 3 is 1.48 bits per heavy atom. The summed E-state index contributed by atoms with van der Waals surface area (Å²) in [6.07, 6.45) is -5.73. The number of aliphatic hydroxyl groups is 3. The number of anilines is 1. The van der Waals surface area contributed by atoms with Gasteiger partial charge in [0.2, 0.25) is 12.2 Å². The Hall–Kier alpha value is -3.31. The smallest absolute Gasteiger partial charge is 0.325 e. The first-order valence-corrected chi connectivity index (χ1v) is 24.1. The van der Waals surface area contributed by atoms with Crippen LogP contribution in [0.3, 0.4) is 0 Å². The van der Waals surface area contributed by atoms with Gasteiger partial charge in [-0.2, -0.15) is 0 Å². The summed E-state index contributed by atoms with van der Waals surface area (Å²) >= 11 is 5.32. The van der Waals surface area contributed by atoms with Crippen molar-refractivity contribution >= 4 is 48.3 Å². The molecule has 0 aromatic heterocycles. The monoisotopic (exact) mass is 998 g/mol. The van der Waals surface area contributed by atoms with Gasteiger partial charge in [0.05, 0.1) is 131 Å². The van der Waals surface area contributed by atoms with E-state index in [1.54, 1.807) is 24.3 Å². The number of imide groups is 1. The number of thiocarbonyl (C=S) groups is 1. The summed E-state index contributed by atoms with van der Waals surface area (Å²) < 4.78 is 71.7. The highest BCUT2D eigenvalue weighted by Crippen LogP contribution is 2.37. The molecular weight excluding hydrogens is 932 g/mol. The second-order valence-electron chi connectivity index (χ2n) is 14.5. The minimum Gasteiger partial charge on any atom is -0.462 e. The number of aliphatic hydroxyl groups excluding tert-OH is 3. The summed E-state index contributed by atoms with van der Waals surface area (Å²) in [6.45, 7) is 8.20. The molecule has 1 saturated heterocycles. The molecule has 26 heteroatoms. The Labute approximate surface area is 394 Å². The summed E-state index contributed by atoms with van der Waals surface area (Å²) in [6, 6.07) is 6.45. The van der Waals surface area contributed by atoms with Crippen LogP contribution < -0.4 is 20.7 Å². The number of nitrogens with one attached hydrogen (secondary N) is 3. The van der Waals surface area contributed by atoms with Gasteiger partial charge in [-0.15, -0.1) is 0 Å². The molecule has 2 heterocycles. The van der Waals surface area contributed by atoms with E-state index in [-0.39, 0.29) is 31.0 Å². The Morgan fingerprint density at radius 1 is 0.627 bits per heavy atom. The molecule has 0 saturated carbocycles. The van der Waals surface area contributed by atoms with Crippen molar-refractivity contribution in [1.29, 1.82) is 0 Å². The van der Waals surface area contributed by atoms with Crippen LogP contribution in [0.15, 0.2) is 36.4 Å². The van der Waals surface area contributed by atoms with Gasteiger partial charge in [0.25, 0.3) is 11.8 Å². The SMILES string of the molecule is O=C(CCN1C(=O)C=CC1=O)NCCOCCOCCOCCOCCOCCOCCOCCOCCOCCNC(=S)Nc1ccc(O[C@H]2O[C@H](CCP(=O)(O)O)[C@@H](O)[C@H](O)[C@@H]2O)cc1. The Morgan fingerprint density at radius 2 is 1.04 bits per heavy atom. The van der Waals surface area contributed by atoms with Gasteiger partial charge >= 0.3 is 7.60 Å². The van der Waals surface area contributed by atoms with Crippen molar-refractivity contribution < 1.29 is 96.2 Å². The molecule has 1 aromatic rings. The topological polar surface area (TPSA) is 310 Å². The molecule has 0 bridgehead atoms. The zero-order valence-corrected chi connectivity index (χ0v) is 39.2. The predicted molar refractivity (Wildman–Crippen MR) is 240 cm³/mol. The molecule has 1 aromatic carbocycles. The average molecular weight is 999 g/mol. The maximum absolute atomic E-state index is 11.8. The molecule has 5 atom stereocenters. The summed E-state index contributed by atoms with van der Waals surface area (Å²) in [5, 5.41) is 39.7. The molecule has 2 aliphatic rings. The highest BCUT2D eigenvalue weighted by atomic mass is 32.1. The maximum Gasteiger partial charge on any atom is 0.325 e. The van der Waals surface area contributed by atoms with Crippen molar-refractivity contribution in [3.05, 3.63) is 36.4 Å². The third-order valence-electron chi connectivity index (χ3n) is 9.28. The van der Waals surface area contributed by atoms with E-state index in [0.717, 1.165) is 4.90 Å². The predicted octanol–water partition coefficient (Wildman–Crippen LogP) is -1.69. The zero-order chi connectivity index (χ0) is 48.5. The van der Waals surface area contributed by atoms with Crippen LogP contribution in [0.2, 0.25) is 0 Å². The summed E-state index contributed by atoms with van der Waals surface area (Å²) in [5.41, 5.74) is 0.631. The zero-order valence-electron chi connectivity index (χ0n) is 37.5. The van der Waals surface area contributed by atoms with Gasteiger partial charge in [-0.3, -0.25) is 23.8 Å². The molecule has 2 aliphatic heterocycles. The molecule has 1 fully saturated rings. The molecule has 0 aliphatic carbocycles. The van der Waals surface area contributed by atoms with Gasteiger partial charge in [0, 0.05) is 43.9 Å². The number of benzene rings is 1. The van der Waals surface area contributed by atoms with Crippen molar-refractivity contribution in [1.82, 2.24) is 15.5 Å². The number of hydrogen-bond acceptors (Lipinski definition) is 19. The number of carbonyl (C=O) groups is 3. The van der Waals surface area contributed by atoms with Crippen molar-refractivity contribution in [3.63, 3.8) is 0 Å². The minimum atomic E-state index is -4.36. The number of hydrogen-bond donors (Lipinski definition) is 8. The van der Waals surface area contributed by atoms with E-state index in [4.69, 9.17) is 74.1 Å². The Kier molecular flexibility index (Phi) is 30.2. The van der Waals surface area contributed by atoms with E-state index in [1.165, 1.54) is 12.2 Å². The first-order chi connectivity index (χ1) is 32.3. The summed E-state index contributed by atoms with van der Waals surface area (Å²) in [4.78, 5) is 54.1. The standard InChI is InChI=1S/C41H67N4O20PS/c46-34(7-11-45-35(47)5-6-36(45)48)42-9-12-55-14-16-57-18-20-59-22-24-61-26-28-63-29-27-62-25-23-60-21-19-58-17-15-56-13-10-43-41(67)44-31-1-3-32(4-2-31)64-40-39(51)38(50)37(49)33(65-40)8-30-66(52,53)54/h1-6,33,37-40,49-51H,7-30H2,(H,42,46)(H2,43,44,67)(H2,52,53,54)/t33-,37-,38+,39+,40+/m1/s1. The lowest BCUT2D eigenvalue weighted by Gasteiger charge is -2.40. The lowest BCUT2D eigenvalue weighted by molar-refractivity contribution is -0.272. The maximum atomic E-state index is 11.8. The molecule has 0 unspecified atom stereocenters. The normalized spacial score (nSPS) is 19.5. The molecule has 382 valence electrons. The van der Waals surface area contributed by atoms with Crippen molar-refractivity contribution in [2.24, 2.45) is 0 Å². The van der Waals surface area contributed by atoms with E-state index in [0.29, 0.717) is 143 Å².